The summed E-state index contributed by atoms with van der Waals surface area (Å²) in [6.45, 7) is 6.32. The molecule has 0 aliphatic carbocycles. The van der Waals surface area contributed by atoms with E-state index in [0.29, 0.717) is 0 Å². The molecular formula is C12H20BrNOS. The number of nitrogens with one attached hydrogen (secondary N) is 1. The van der Waals surface area contributed by atoms with Crippen molar-refractivity contribution in [3.8, 4) is 0 Å². The van der Waals surface area contributed by atoms with Crippen LogP contribution >= 0.6 is 27.3 Å². The largest absolute Gasteiger partial charge is 0.396 e. The molecule has 1 aromatic rings. The second-order valence-electron chi connectivity index (χ2n) is 4.20. The number of aliphatic hydroxyl groups is 1. The van der Waals surface area contributed by atoms with Gasteiger partial charge in [-0.3, -0.25) is 0 Å². The third-order valence-electron chi connectivity index (χ3n) is 3.26. The molecule has 92 valence electrons. The maximum Gasteiger partial charge on any atom is 0.0499 e. The highest BCUT2D eigenvalue weighted by Gasteiger charge is 2.24. The Hall–Kier alpha value is 0.1000. The highest BCUT2D eigenvalue weighted by Crippen LogP contribution is 2.25. The molecule has 0 saturated heterocycles. The van der Waals surface area contributed by atoms with Crippen molar-refractivity contribution in [2.75, 3.05) is 13.2 Å². The van der Waals surface area contributed by atoms with E-state index in [0.717, 1.165) is 30.4 Å². The van der Waals surface area contributed by atoms with Crippen molar-refractivity contribution in [2.45, 2.75) is 33.2 Å². The van der Waals surface area contributed by atoms with Crippen LogP contribution in [0.4, 0.5) is 0 Å². The Kier molecular flexibility index (Phi) is 5.97. The first-order chi connectivity index (χ1) is 7.65. The first-order valence-corrected chi connectivity index (χ1v) is 7.37. The molecule has 0 unspecified atom stereocenters. The van der Waals surface area contributed by atoms with Crippen LogP contribution in [0.2, 0.25) is 0 Å². The van der Waals surface area contributed by atoms with Crippen molar-refractivity contribution in [1.82, 2.24) is 5.32 Å². The Morgan fingerprint density at radius 2 is 2.12 bits per heavy atom. The molecule has 16 heavy (non-hydrogen) atoms. The monoisotopic (exact) mass is 305 g/mol. The van der Waals surface area contributed by atoms with Crippen LogP contribution in [0.1, 0.15) is 31.6 Å². The third kappa shape index (κ3) is 3.84. The number of thiophene rings is 1. The standard InChI is InChI=1S/C12H20BrNOS/c1-3-12(4-2,9-15)8-14-6-11-5-10(13)7-16-11/h5,7,14-15H,3-4,6,8-9H2,1-2H3. The summed E-state index contributed by atoms with van der Waals surface area (Å²) in [5.74, 6) is 0. The van der Waals surface area contributed by atoms with Crippen LogP contribution in [0.25, 0.3) is 0 Å². The Labute approximate surface area is 110 Å². The molecule has 2 N–H and O–H groups in total. The van der Waals surface area contributed by atoms with E-state index < -0.39 is 0 Å². The second-order valence-corrected chi connectivity index (χ2v) is 6.11. The molecule has 1 heterocycles. The number of hydrogen-bond acceptors (Lipinski definition) is 3. The first kappa shape index (κ1) is 14.2. The average molecular weight is 306 g/mol. The van der Waals surface area contributed by atoms with Crippen molar-refractivity contribution in [3.05, 3.63) is 20.8 Å². The fourth-order valence-electron chi connectivity index (χ4n) is 1.68. The first-order valence-electron chi connectivity index (χ1n) is 5.70. The van der Waals surface area contributed by atoms with Gasteiger partial charge in [-0.25, -0.2) is 0 Å². The maximum atomic E-state index is 9.43. The van der Waals surface area contributed by atoms with Crippen LogP contribution in [-0.4, -0.2) is 18.3 Å². The van der Waals surface area contributed by atoms with Gasteiger partial charge in [-0.2, -0.15) is 0 Å². The van der Waals surface area contributed by atoms with Gasteiger partial charge < -0.3 is 10.4 Å². The van der Waals surface area contributed by atoms with Gasteiger partial charge in [0, 0.05) is 39.8 Å². The topological polar surface area (TPSA) is 32.3 Å². The van der Waals surface area contributed by atoms with Gasteiger partial charge in [-0.1, -0.05) is 13.8 Å². The minimum atomic E-state index is 0.0501. The van der Waals surface area contributed by atoms with E-state index in [1.807, 2.05) is 0 Å². The lowest BCUT2D eigenvalue weighted by Crippen LogP contribution is -2.36. The minimum absolute atomic E-state index is 0.0501. The average Bonchev–Trinajstić information content (AvgIpc) is 2.71. The predicted molar refractivity (Wildman–Crippen MR) is 73.8 cm³/mol. The lowest BCUT2D eigenvalue weighted by molar-refractivity contribution is 0.113. The molecule has 0 fully saturated rings. The molecule has 0 amide bonds. The summed E-state index contributed by atoms with van der Waals surface area (Å²) >= 11 is 5.20. The van der Waals surface area contributed by atoms with E-state index in [2.05, 4.69) is 46.5 Å². The van der Waals surface area contributed by atoms with Crippen LogP contribution in [0, 0.1) is 5.41 Å². The highest BCUT2D eigenvalue weighted by atomic mass is 79.9. The van der Waals surface area contributed by atoms with Gasteiger partial charge in [-0.05, 0) is 34.8 Å². The molecule has 0 aromatic carbocycles. The van der Waals surface area contributed by atoms with Gasteiger partial charge >= 0.3 is 0 Å². The number of aliphatic hydroxyl groups excluding tert-OH is 1. The van der Waals surface area contributed by atoms with E-state index in [1.54, 1.807) is 11.3 Å². The minimum Gasteiger partial charge on any atom is -0.396 e. The SMILES string of the molecule is CCC(CC)(CO)CNCc1cc(Br)cs1. The fourth-order valence-corrected chi connectivity index (χ4v) is 3.10. The molecule has 0 spiro atoms. The number of halogens is 1. The Morgan fingerprint density at radius 3 is 2.56 bits per heavy atom. The fraction of sp³-hybridized carbons (Fsp3) is 0.667. The number of rotatable bonds is 7. The van der Waals surface area contributed by atoms with E-state index in [4.69, 9.17) is 0 Å². The summed E-state index contributed by atoms with van der Waals surface area (Å²) in [5, 5.41) is 15.0. The van der Waals surface area contributed by atoms with Crippen molar-refractivity contribution >= 4 is 27.3 Å². The van der Waals surface area contributed by atoms with Crippen molar-refractivity contribution < 1.29 is 5.11 Å². The lowest BCUT2D eigenvalue weighted by Gasteiger charge is -2.29. The van der Waals surface area contributed by atoms with Gasteiger partial charge in [0.1, 0.15) is 0 Å². The zero-order valence-electron chi connectivity index (χ0n) is 9.92. The highest BCUT2D eigenvalue weighted by molar-refractivity contribution is 9.10. The van der Waals surface area contributed by atoms with Gasteiger partial charge in [-0.15, -0.1) is 11.3 Å². The molecular weight excluding hydrogens is 286 g/mol. The normalized spacial score (nSPS) is 12.0. The van der Waals surface area contributed by atoms with E-state index in [-0.39, 0.29) is 12.0 Å². The molecule has 1 rings (SSSR count). The van der Waals surface area contributed by atoms with E-state index in [1.165, 1.54) is 4.88 Å². The Balaban J connectivity index is 2.39. The number of hydrogen-bond donors (Lipinski definition) is 2. The summed E-state index contributed by atoms with van der Waals surface area (Å²) in [6.07, 6.45) is 2.03. The molecule has 0 saturated carbocycles. The van der Waals surface area contributed by atoms with Crippen LogP contribution in [0.15, 0.2) is 15.9 Å². The van der Waals surface area contributed by atoms with Crippen molar-refractivity contribution in [2.24, 2.45) is 5.41 Å². The summed E-state index contributed by atoms with van der Waals surface area (Å²) < 4.78 is 1.15. The van der Waals surface area contributed by atoms with E-state index >= 15 is 0 Å². The molecule has 0 bridgehead atoms. The molecule has 0 radical (unpaired) electrons. The van der Waals surface area contributed by atoms with Gasteiger partial charge in [0.15, 0.2) is 0 Å². The smallest absolute Gasteiger partial charge is 0.0499 e. The molecule has 0 aliphatic heterocycles. The summed E-state index contributed by atoms with van der Waals surface area (Å²) in [6, 6.07) is 2.14. The summed E-state index contributed by atoms with van der Waals surface area (Å²) in [7, 11) is 0. The van der Waals surface area contributed by atoms with Crippen molar-refractivity contribution in [1.29, 1.82) is 0 Å². The van der Waals surface area contributed by atoms with Gasteiger partial charge in [0.25, 0.3) is 0 Å². The Bertz CT molecular complexity index is 301. The van der Waals surface area contributed by atoms with Crippen LogP contribution in [0.3, 0.4) is 0 Å². The van der Waals surface area contributed by atoms with Gasteiger partial charge in [0.05, 0.1) is 0 Å². The van der Waals surface area contributed by atoms with E-state index in [9.17, 15) is 5.11 Å². The predicted octanol–water partition coefficient (Wildman–Crippen LogP) is 3.40. The Morgan fingerprint density at radius 1 is 1.44 bits per heavy atom. The third-order valence-corrected chi connectivity index (χ3v) is 4.95. The lowest BCUT2D eigenvalue weighted by atomic mass is 9.83. The molecule has 4 heteroatoms. The maximum absolute atomic E-state index is 9.43. The van der Waals surface area contributed by atoms with Crippen LogP contribution in [-0.2, 0) is 6.54 Å². The van der Waals surface area contributed by atoms with Gasteiger partial charge in [0.2, 0.25) is 0 Å². The summed E-state index contributed by atoms with van der Waals surface area (Å²) in [5.41, 5.74) is 0.0501. The van der Waals surface area contributed by atoms with Crippen LogP contribution < -0.4 is 5.32 Å². The molecule has 2 nitrogen and oxygen atoms in total. The second kappa shape index (κ2) is 6.74. The zero-order chi connectivity index (χ0) is 12.0. The summed E-state index contributed by atoms with van der Waals surface area (Å²) in [4.78, 5) is 1.32. The molecule has 0 atom stereocenters. The van der Waals surface area contributed by atoms with Crippen LogP contribution in [0.5, 0.6) is 0 Å². The van der Waals surface area contributed by atoms with Crippen molar-refractivity contribution in [3.63, 3.8) is 0 Å². The quantitative estimate of drug-likeness (QED) is 0.809. The molecule has 0 aliphatic rings. The molecule has 1 aromatic heterocycles. The zero-order valence-corrected chi connectivity index (χ0v) is 12.3.